The number of halogens is 2. The number of aliphatic hydroxyl groups excluding tert-OH is 1. The van der Waals surface area contributed by atoms with E-state index in [4.69, 9.17) is 25.8 Å². The molecule has 0 aliphatic carbocycles. The third-order valence-electron chi connectivity index (χ3n) is 4.18. The number of esters is 1. The third-order valence-corrected chi connectivity index (χ3v) is 4.41. The fourth-order valence-electron chi connectivity index (χ4n) is 2.57. The lowest BCUT2D eigenvalue weighted by Gasteiger charge is -2.20. The van der Waals surface area contributed by atoms with Gasteiger partial charge in [0.25, 0.3) is 11.8 Å². The van der Waals surface area contributed by atoms with Crippen molar-refractivity contribution in [1.29, 1.82) is 0 Å². The smallest absolute Gasteiger partial charge is 0.331 e. The maximum Gasteiger partial charge on any atom is 0.331 e. The molecule has 2 amide bonds. The Labute approximate surface area is 188 Å². The molecule has 2 aromatic carbocycles. The average molecular weight is 469 g/mol. The van der Waals surface area contributed by atoms with Gasteiger partial charge in [0, 0.05) is 28.9 Å². The molecular formula is C21H22ClFN2O7. The lowest BCUT2D eigenvalue weighted by atomic mass is 10.1. The average Bonchev–Trinajstić information content (AvgIpc) is 2.76. The number of carbonyl (C=O) groups excluding carboxylic acids is 3. The van der Waals surface area contributed by atoms with Crippen LogP contribution in [0, 0.1) is 5.82 Å². The van der Waals surface area contributed by atoms with E-state index in [2.05, 4.69) is 10.6 Å². The molecule has 0 fully saturated rings. The maximum atomic E-state index is 13.9. The van der Waals surface area contributed by atoms with Gasteiger partial charge in [-0.3, -0.25) is 9.59 Å². The van der Waals surface area contributed by atoms with Crippen LogP contribution < -0.4 is 20.1 Å². The molecule has 0 unspecified atom stereocenters. The van der Waals surface area contributed by atoms with Crippen molar-refractivity contribution < 1.29 is 38.1 Å². The van der Waals surface area contributed by atoms with Crippen LogP contribution in [-0.2, 0) is 14.3 Å². The van der Waals surface area contributed by atoms with Crippen molar-refractivity contribution in [3.8, 4) is 11.5 Å². The Morgan fingerprint density at radius 1 is 1.09 bits per heavy atom. The van der Waals surface area contributed by atoms with Crippen LogP contribution in [0.2, 0.25) is 5.02 Å². The van der Waals surface area contributed by atoms with Gasteiger partial charge < -0.3 is 30.0 Å². The van der Waals surface area contributed by atoms with E-state index in [1.165, 1.54) is 39.3 Å². The van der Waals surface area contributed by atoms with Crippen LogP contribution in [-0.4, -0.2) is 55.9 Å². The van der Waals surface area contributed by atoms with Gasteiger partial charge in [-0.2, -0.15) is 0 Å². The highest BCUT2D eigenvalue weighted by Gasteiger charge is 2.29. The van der Waals surface area contributed by atoms with Gasteiger partial charge in [-0.25, -0.2) is 9.18 Å². The maximum absolute atomic E-state index is 13.9. The second-order valence-electron chi connectivity index (χ2n) is 6.57. The van der Waals surface area contributed by atoms with E-state index in [0.717, 1.165) is 12.1 Å². The molecule has 2 rings (SSSR count). The van der Waals surface area contributed by atoms with Gasteiger partial charge in [-0.15, -0.1) is 0 Å². The number of aliphatic hydroxyl groups is 1. The van der Waals surface area contributed by atoms with Gasteiger partial charge in [0.15, 0.2) is 12.6 Å². The molecule has 0 saturated carbocycles. The van der Waals surface area contributed by atoms with Gasteiger partial charge in [0.05, 0.1) is 25.9 Å². The normalized spacial score (nSPS) is 12.3. The molecule has 0 saturated heterocycles. The predicted molar refractivity (Wildman–Crippen MR) is 113 cm³/mol. The van der Waals surface area contributed by atoms with Gasteiger partial charge in [0.2, 0.25) is 0 Å². The number of ether oxygens (including phenoxy) is 3. The van der Waals surface area contributed by atoms with Crippen molar-refractivity contribution in [3.63, 3.8) is 0 Å². The Kier molecular flexibility index (Phi) is 8.80. The van der Waals surface area contributed by atoms with Crippen molar-refractivity contribution in [2.24, 2.45) is 0 Å². The summed E-state index contributed by atoms with van der Waals surface area (Å²) in [5.74, 6) is -2.76. The summed E-state index contributed by atoms with van der Waals surface area (Å²) in [5, 5.41) is 14.6. The lowest BCUT2D eigenvalue weighted by Crippen LogP contribution is -2.49. The highest BCUT2D eigenvalue weighted by atomic mass is 35.5. The quantitative estimate of drug-likeness (QED) is 0.482. The molecule has 32 heavy (non-hydrogen) atoms. The van der Waals surface area contributed by atoms with Crippen LogP contribution in [0.4, 0.5) is 10.1 Å². The number of carbonyl (C=O) groups is 3. The Balaban J connectivity index is 2.00. The summed E-state index contributed by atoms with van der Waals surface area (Å²) < 4.78 is 29.0. The molecule has 0 spiro atoms. The first-order chi connectivity index (χ1) is 15.1. The third kappa shape index (κ3) is 6.82. The monoisotopic (exact) mass is 468 g/mol. The standard InChI is InChI=1S/C21H22ClFN2O7/c1-11(26)19(25-20(28)16-6-12(22)4-5-17(16)23)21(29)32-10-18(27)24-13-7-14(30-2)9-15(8-13)31-3/h4-9,11,19,26H,10H2,1-3H3,(H,24,27)(H,25,28)/t11-,19-/m1/s1. The first kappa shape index (κ1) is 24.9. The van der Waals surface area contributed by atoms with Crippen LogP contribution in [0.5, 0.6) is 11.5 Å². The van der Waals surface area contributed by atoms with Gasteiger partial charge in [0.1, 0.15) is 17.3 Å². The highest BCUT2D eigenvalue weighted by molar-refractivity contribution is 6.31. The zero-order valence-corrected chi connectivity index (χ0v) is 18.2. The van der Waals surface area contributed by atoms with Gasteiger partial charge in [-0.05, 0) is 25.1 Å². The lowest BCUT2D eigenvalue weighted by molar-refractivity contribution is -0.151. The molecule has 2 aromatic rings. The Morgan fingerprint density at radius 3 is 2.28 bits per heavy atom. The van der Waals surface area contributed by atoms with Crippen molar-refractivity contribution in [3.05, 3.63) is 52.8 Å². The number of anilines is 1. The first-order valence-electron chi connectivity index (χ1n) is 9.28. The van der Waals surface area contributed by atoms with Crippen molar-refractivity contribution in [1.82, 2.24) is 5.32 Å². The summed E-state index contributed by atoms with van der Waals surface area (Å²) in [6.45, 7) is 0.520. The SMILES string of the molecule is COc1cc(NC(=O)COC(=O)[C@H](NC(=O)c2cc(Cl)ccc2F)[C@@H](C)O)cc(OC)c1. The molecule has 0 radical (unpaired) electrons. The van der Waals surface area contributed by atoms with E-state index >= 15 is 0 Å². The second-order valence-corrected chi connectivity index (χ2v) is 7.01. The summed E-state index contributed by atoms with van der Waals surface area (Å²) in [5.41, 5.74) is -0.0836. The molecule has 172 valence electrons. The minimum absolute atomic E-state index is 0.110. The first-order valence-corrected chi connectivity index (χ1v) is 9.66. The van der Waals surface area contributed by atoms with Crippen LogP contribution >= 0.6 is 11.6 Å². The Hall–Kier alpha value is -3.37. The van der Waals surface area contributed by atoms with Crippen molar-refractivity contribution >= 4 is 35.1 Å². The Morgan fingerprint density at radius 2 is 1.72 bits per heavy atom. The number of amides is 2. The molecular weight excluding hydrogens is 447 g/mol. The van der Waals surface area contributed by atoms with Crippen LogP contribution in [0.3, 0.4) is 0 Å². The molecule has 0 bridgehead atoms. The van der Waals surface area contributed by atoms with E-state index in [1.54, 1.807) is 6.07 Å². The number of methoxy groups -OCH3 is 2. The fourth-order valence-corrected chi connectivity index (χ4v) is 2.74. The molecule has 3 N–H and O–H groups in total. The molecule has 9 nitrogen and oxygen atoms in total. The minimum atomic E-state index is -1.55. The van der Waals surface area contributed by atoms with Crippen LogP contribution in [0.1, 0.15) is 17.3 Å². The number of benzene rings is 2. The zero-order valence-electron chi connectivity index (χ0n) is 17.5. The van der Waals surface area contributed by atoms with Gasteiger partial charge >= 0.3 is 5.97 Å². The van der Waals surface area contributed by atoms with E-state index in [-0.39, 0.29) is 5.02 Å². The second kappa shape index (κ2) is 11.3. The summed E-state index contributed by atoms with van der Waals surface area (Å²) in [4.78, 5) is 36.8. The number of nitrogens with one attached hydrogen (secondary N) is 2. The summed E-state index contributed by atoms with van der Waals surface area (Å²) in [6.07, 6.45) is -1.39. The summed E-state index contributed by atoms with van der Waals surface area (Å²) in [7, 11) is 2.89. The fraction of sp³-hybridized carbons (Fsp3) is 0.286. The zero-order chi connectivity index (χ0) is 23.8. The minimum Gasteiger partial charge on any atom is -0.497 e. The molecule has 0 aliphatic rings. The molecule has 11 heteroatoms. The molecule has 0 heterocycles. The van der Waals surface area contributed by atoms with E-state index in [9.17, 15) is 23.9 Å². The van der Waals surface area contributed by atoms with Gasteiger partial charge in [-0.1, -0.05) is 11.6 Å². The van der Waals surface area contributed by atoms with E-state index < -0.39 is 47.9 Å². The number of hydrogen-bond donors (Lipinski definition) is 3. The summed E-state index contributed by atoms with van der Waals surface area (Å²) in [6, 6.07) is 6.43. The summed E-state index contributed by atoms with van der Waals surface area (Å²) >= 11 is 5.76. The van der Waals surface area contributed by atoms with Crippen molar-refractivity contribution in [2.45, 2.75) is 19.1 Å². The van der Waals surface area contributed by atoms with Crippen LogP contribution in [0.15, 0.2) is 36.4 Å². The molecule has 0 aromatic heterocycles. The number of hydrogen-bond acceptors (Lipinski definition) is 7. The largest absolute Gasteiger partial charge is 0.497 e. The molecule has 2 atom stereocenters. The van der Waals surface area contributed by atoms with E-state index in [1.807, 2.05) is 0 Å². The topological polar surface area (TPSA) is 123 Å². The highest BCUT2D eigenvalue weighted by Crippen LogP contribution is 2.25. The predicted octanol–water partition coefficient (Wildman–Crippen LogP) is 2.16. The molecule has 0 aliphatic heterocycles. The Bertz CT molecular complexity index is 978. The number of rotatable bonds is 9. The van der Waals surface area contributed by atoms with Crippen LogP contribution in [0.25, 0.3) is 0 Å². The van der Waals surface area contributed by atoms with E-state index in [0.29, 0.717) is 17.2 Å². The van der Waals surface area contributed by atoms with Crippen molar-refractivity contribution in [2.75, 3.05) is 26.1 Å².